The zero-order chi connectivity index (χ0) is 21.8. The Bertz CT molecular complexity index is 968. The van der Waals surface area contributed by atoms with E-state index in [1.54, 1.807) is 55.8 Å². The number of rotatable bonds is 6. The molecule has 2 fully saturated rings. The number of carbonyl (C=O) groups excluding carboxylic acids is 2. The standard InChI is InChI=1S/C23H25N3O5/c1-30-17-7-5-16(6-8-17)21(27)19-20(18-4-2-3-9-24-18)26(23(29)22(19)28)11-10-25-12-14-31-15-13-25/h2-9,20,27H,10-15H2,1H3/t20-/m0/s1. The lowest BCUT2D eigenvalue weighted by atomic mass is 9.98. The number of ether oxygens (including phenoxy) is 2. The number of hydrogen-bond acceptors (Lipinski definition) is 7. The minimum absolute atomic E-state index is 0.0517. The van der Waals surface area contributed by atoms with Crippen molar-refractivity contribution in [3.05, 3.63) is 65.5 Å². The van der Waals surface area contributed by atoms with Gasteiger partial charge in [-0.3, -0.25) is 19.5 Å². The highest BCUT2D eigenvalue weighted by molar-refractivity contribution is 6.46. The number of benzene rings is 1. The maximum absolute atomic E-state index is 13.0. The summed E-state index contributed by atoms with van der Waals surface area (Å²) in [5.41, 5.74) is 1.03. The fraction of sp³-hybridized carbons (Fsp3) is 0.348. The van der Waals surface area contributed by atoms with E-state index in [1.807, 2.05) is 0 Å². The van der Waals surface area contributed by atoms with Crippen LogP contribution in [0.15, 0.2) is 54.2 Å². The highest BCUT2D eigenvalue weighted by atomic mass is 16.5. The van der Waals surface area contributed by atoms with E-state index < -0.39 is 17.7 Å². The Labute approximate surface area is 180 Å². The smallest absolute Gasteiger partial charge is 0.295 e. The molecule has 0 bridgehead atoms. The molecular formula is C23H25N3O5. The van der Waals surface area contributed by atoms with E-state index >= 15 is 0 Å². The van der Waals surface area contributed by atoms with Crippen molar-refractivity contribution in [2.24, 2.45) is 0 Å². The van der Waals surface area contributed by atoms with Gasteiger partial charge in [-0.25, -0.2) is 0 Å². The number of nitrogens with zero attached hydrogens (tertiary/aromatic N) is 3. The molecule has 8 nitrogen and oxygen atoms in total. The van der Waals surface area contributed by atoms with Crippen LogP contribution in [0.3, 0.4) is 0 Å². The van der Waals surface area contributed by atoms with E-state index in [9.17, 15) is 14.7 Å². The number of carbonyl (C=O) groups is 2. The lowest BCUT2D eigenvalue weighted by Gasteiger charge is -2.30. The molecule has 162 valence electrons. The fourth-order valence-corrected chi connectivity index (χ4v) is 3.93. The van der Waals surface area contributed by atoms with Gasteiger partial charge in [0.05, 0.1) is 31.6 Å². The van der Waals surface area contributed by atoms with Crippen molar-refractivity contribution in [2.45, 2.75) is 6.04 Å². The van der Waals surface area contributed by atoms with Gasteiger partial charge in [-0.2, -0.15) is 0 Å². The molecule has 2 aliphatic rings. The van der Waals surface area contributed by atoms with Crippen LogP contribution in [0.5, 0.6) is 5.75 Å². The van der Waals surface area contributed by atoms with Crippen LogP contribution in [0, 0.1) is 0 Å². The first-order valence-corrected chi connectivity index (χ1v) is 10.2. The van der Waals surface area contributed by atoms with Gasteiger partial charge in [-0.1, -0.05) is 6.07 Å². The highest BCUT2D eigenvalue weighted by Crippen LogP contribution is 2.38. The summed E-state index contributed by atoms with van der Waals surface area (Å²) in [6.07, 6.45) is 1.62. The molecule has 2 saturated heterocycles. The molecule has 1 atom stereocenters. The monoisotopic (exact) mass is 423 g/mol. The number of methoxy groups -OCH3 is 1. The summed E-state index contributed by atoms with van der Waals surface area (Å²) in [7, 11) is 1.55. The van der Waals surface area contributed by atoms with E-state index in [0.29, 0.717) is 43.3 Å². The maximum atomic E-state index is 13.0. The third-order valence-electron chi connectivity index (χ3n) is 5.63. The number of Topliss-reactive ketones (excluding diaryl/α,β-unsaturated/α-hetero) is 1. The molecule has 1 aromatic carbocycles. The zero-order valence-electron chi connectivity index (χ0n) is 17.4. The van der Waals surface area contributed by atoms with Crippen molar-refractivity contribution in [1.82, 2.24) is 14.8 Å². The summed E-state index contributed by atoms with van der Waals surface area (Å²) in [6, 6.07) is 11.3. The van der Waals surface area contributed by atoms with Gasteiger partial charge in [0.1, 0.15) is 17.6 Å². The average Bonchev–Trinajstić information content (AvgIpc) is 3.08. The Hall–Kier alpha value is -3.23. The molecule has 0 radical (unpaired) electrons. The second kappa shape index (κ2) is 9.28. The van der Waals surface area contributed by atoms with E-state index in [1.165, 1.54) is 4.90 Å². The number of aliphatic hydroxyl groups is 1. The first kappa shape index (κ1) is 21.0. The van der Waals surface area contributed by atoms with Crippen molar-refractivity contribution >= 4 is 17.4 Å². The van der Waals surface area contributed by atoms with Gasteiger partial charge >= 0.3 is 0 Å². The number of amides is 1. The molecule has 0 aliphatic carbocycles. The van der Waals surface area contributed by atoms with Gasteiger partial charge in [0.2, 0.25) is 0 Å². The molecule has 0 spiro atoms. The van der Waals surface area contributed by atoms with Crippen LogP contribution in [0.2, 0.25) is 0 Å². The van der Waals surface area contributed by atoms with Crippen LogP contribution >= 0.6 is 0 Å². The van der Waals surface area contributed by atoms with Crippen molar-refractivity contribution in [3.8, 4) is 5.75 Å². The lowest BCUT2D eigenvalue weighted by molar-refractivity contribution is -0.140. The maximum Gasteiger partial charge on any atom is 0.295 e. The van der Waals surface area contributed by atoms with E-state index in [4.69, 9.17) is 9.47 Å². The molecule has 31 heavy (non-hydrogen) atoms. The van der Waals surface area contributed by atoms with Crippen LogP contribution in [-0.2, 0) is 14.3 Å². The normalized spacial score (nSPS) is 21.5. The average molecular weight is 423 g/mol. The zero-order valence-corrected chi connectivity index (χ0v) is 17.4. The number of morpholine rings is 1. The molecule has 1 aromatic heterocycles. The summed E-state index contributed by atoms with van der Waals surface area (Å²) < 4.78 is 10.5. The Morgan fingerprint density at radius 3 is 2.52 bits per heavy atom. The van der Waals surface area contributed by atoms with Crippen molar-refractivity contribution in [2.75, 3.05) is 46.5 Å². The SMILES string of the molecule is COc1ccc(C(O)=C2C(=O)C(=O)N(CCN3CCOCC3)[C@H]2c2ccccn2)cc1. The summed E-state index contributed by atoms with van der Waals surface area (Å²) in [5.74, 6) is -0.917. The number of hydrogen-bond donors (Lipinski definition) is 1. The lowest BCUT2D eigenvalue weighted by Crippen LogP contribution is -2.42. The molecule has 0 unspecified atom stereocenters. The Balaban J connectivity index is 1.70. The van der Waals surface area contributed by atoms with Gasteiger partial charge in [-0.05, 0) is 36.4 Å². The number of aromatic nitrogens is 1. The predicted octanol–water partition coefficient (Wildman–Crippen LogP) is 1.84. The first-order valence-electron chi connectivity index (χ1n) is 10.2. The molecule has 4 rings (SSSR count). The van der Waals surface area contributed by atoms with Crippen LogP contribution in [0.25, 0.3) is 5.76 Å². The topological polar surface area (TPSA) is 92.2 Å². The largest absolute Gasteiger partial charge is 0.507 e. The second-order valence-corrected chi connectivity index (χ2v) is 7.43. The van der Waals surface area contributed by atoms with Crippen LogP contribution in [0.1, 0.15) is 17.3 Å². The Kier molecular flexibility index (Phi) is 6.29. The molecule has 2 aliphatic heterocycles. The summed E-state index contributed by atoms with van der Waals surface area (Å²) in [6.45, 7) is 3.83. The van der Waals surface area contributed by atoms with E-state index in [-0.39, 0.29) is 11.3 Å². The van der Waals surface area contributed by atoms with Crippen molar-refractivity contribution in [1.29, 1.82) is 0 Å². The van der Waals surface area contributed by atoms with Crippen molar-refractivity contribution < 1.29 is 24.2 Å². The van der Waals surface area contributed by atoms with Crippen LogP contribution in [0.4, 0.5) is 0 Å². The summed E-state index contributed by atoms with van der Waals surface area (Å²) >= 11 is 0. The minimum atomic E-state index is -0.746. The number of ketones is 1. The van der Waals surface area contributed by atoms with E-state index in [2.05, 4.69) is 9.88 Å². The number of aliphatic hydroxyl groups excluding tert-OH is 1. The molecule has 0 saturated carbocycles. The van der Waals surface area contributed by atoms with Gasteiger partial charge in [0, 0.05) is 37.9 Å². The Morgan fingerprint density at radius 1 is 1.13 bits per heavy atom. The van der Waals surface area contributed by atoms with Gasteiger partial charge in [-0.15, -0.1) is 0 Å². The van der Waals surface area contributed by atoms with E-state index in [0.717, 1.165) is 13.1 Å². The van der Waals surface area contributed by atoms with Crippen LogP contribution < -0.4 is 4.74 Å². The minimum Gasteiger partial charge on any atom is -0.507 e. The molecule has 1 amide bonds. The predicted molar refractivity (Wildman–Crippen MR) is 113 cm³/mol. The first-order chi connectivity index (χ1) is 15.1. The molecule has 2 aromatic rings. The summed E-state index contributed by atoms with van der Waals surface area (Å²) in [5, 5.41) is 11.0. The van der Waals surface area contributed by atoms with Gasteiger partial charge < -0.3 is 19.5 Å². The van der Waals surface area contributed by atoms with Gasteiger partial charge in [0.25, 0.3) is 11.7 Å². The van der Waals surface area contributed by atoms with Gasteiger partial charge in [0.15, 0.2) is 0 Å². The van der Waals surface area contributed by atoms with Crippen molar-refractivity contribution in [3.63, 3.8) is 0 Å². The third-order valence-corrected chi connectivity index (χ3v) is 5.63. The second-order valence-electron chi connectivity index (χ2n) is 7.43. The summed E-state index contributed by atoms with van der Waals surface area (Å²) in [4.78, 5) is 34.0. The fourth-order valence-electron chi connectivity index (χ4n) is 3.93. The quantitative estimate of drug-likeness (QED) is 0.431. The number of likely N-dealkylation sites (tertiary alicyclic amines) is 1. The highest BCUT2D eigenvalue weighted by Gasteiger charge is 2.46. The third kappa shape index (κ3) is 4.30. The molecular weight excluding hydrogens is 398 g/mol. The number of pyridine rings is 1. The molecule has 1 N–H and O–H groups in total. The van der Waals surface area contributed by atoms with Crippen LogP contribution in [-0.4, -0.2) is 78.1 Å². The molecule has 8 heteroatoms. The molecule has 3 heterocycles. The Morgan fingerprint density at radius 2 is 1.87 bits per heavy atom.